The molecule has 0 unspecified atom stereocenters. The molecule has 0 bridgehead atoms. The average Bonchev–Trinajstić information content (AvgIpc) is 3.32. The Morgan fingerprint density at radius 3 is 2.72 bits per heavy atom. The van der Waals surface area contributed by atoms with E-state index in [1.54, 1.807) is 0 Å². The number of aromatic amines is 1. The molecular formula is C24H26N6O2. The van der Waals surface area contributed by atoms with Crippen LogP contribution in [0.15, 0.2) is 53.3 Å². The number of ether oxygens (including phenoxy) is 1. The third-order valence-electron chi connectivity index (χ3n) is 6.73. The number of nitrogens with one attached hydrogen (secondary N) is 1. The number of aromatic nitrogens is 5. The molecule has 2 aliphatic heterocycles. The number of fused-ring (bicyclic) bond motifs is 4. The van der Waals surface area contributed by atoms with Crippen molar-refractivity contribution in [3.8, 4) is 17.1 Å². The Bertz CT molecular complexity index is 1310. The van der Waals surface area contributed by atoms with Gasteiger partial charge in [0.25, 0.3) is 0 Å². The summed E-state index contributed by atoms with van der Waals surface area (Å²) in [7, 11) is 0. The molecule has 4 aromatic rings. The van der Waals surface area contributed by atoms with Gasteiger partial charge in [0, 0.05) is 32.1 Å². The molecule has 0 atom stereocenters. The minimum atomic E-state index is -0.00157. The van der Waals surface area contributed by atoms with Crippen LogP contribution >= 0.6 is 0 Å². The van der Waals surface area contributed by atoms with Crippen LogP contribution in [0.3, 0.4) is 0 Å². The van der Waals surface area contributed by atoms with Gasteiger partial charge in [-0.25, -0.2) is 4.79 Å². The molecule has 164 valence electrons. The van der Waals surface area contributed by atoms with Gasteiger partial charge in [0.05, 0.1) is 23.1 Å². The van der Waals surface area contributed by atoms with Crippen molar-refractivity contribution in [2.45, 2.75) is 31.8 Å². The Labute approximate surface area is 185 Å². The maximum Gasteiger partial charge on any atom is 0.326 e. The van der Waals surface area contributed by atoms with Crippen molar-refractivity contribution in [2.24, 2.45) is 0 Å². The molecule has 1 N–H and O–H groups in total. The molecule has 8 nitrogen and oxygen atoms in total. The number of hydrogen-bond acceptors (Lipinski definition) is 5. The molecule has 6 rings (SSSR count). The zero-order valence-corrected chi connectivity index (χ0v) is 17.9. The van der Waals surface area contributed by atoms with E-state index in [0.29, 0.717) is 6.61 Å². The van der Waals surface area contributed by atoms with Crippen LogP contribution in [0.25, 0.3) is 22.4 Å². The molecular weight excluding hydrogens is 404 g/mol. The molecule has 0 saturated carbocycles. The Morgan fingerprint density at radius 1 is 1.00 bits per heavy atom. The van der Waals surface area contributed by atoms with E-state index in [4.69, 9.17) is 4.74 Å². The number of rotatable bonds is 4. The second-order valence-electron chi connectivity index (χ2n) is 8.58. The highest BCUT2D eigenvalue weighted by Crippen LogP contribution is 2.31. The largest absolute Gasteiger partial charge is 0.491 e. The summed E-state index contributed by atoms with van der Waals surface area (Å²) in [5.41, 5.74) is 2.93. The van der Waals surface area contributed by atoms with Gasteiger partial charge < -0.3 is 19.2 Å². The van der Waals surface area contributed by atoms with Crippen molar-refractivity contribution < 1.29 is 4.74 Å². The molecule has 0 radical (unpaired) electrons. The molecule has 0 aliphatic carbocycles. The van der Waals surface area contributed by atoms with Crippen molar-refractivity contribution in [1.82, 2.24) is 29.2 Å². The van der Waals surface area contributed by atoms with Crippen LogP contribution in [0.2, 0.25) is 0 Å². The highest BCUT2D eigenvalue weighted by Gasteiger charge is 2.25. The topological polar surface area (TPSA) is 81.0 Å². The molecule has 8 heteroatoms. The SMILES string of the molecule is O=c1[nH]c2ccccc2n1C1CCN(CCc2nnc3n2CCOc2ccccc2-3)CC1. The lowest BCUT2D eigenvalue weighted by molar-refractivity contribution is 0.187. The number of likely N-dealkylation sites (tertiary alicyclic amines) is 1. The van der Waals surface area contributed by atoms with E-state index < -0.39 is 0 Å². The predicted octanol–water partition coefficient (Wildman–Crippen LogP) is 2.86. The molecule has 1 saturated heterocycles. The summed E-state index contributed by atoms with van der Waals surface area (Å²) in [4.78, 5) is 18.0. The van der Waals surface area contributed by atoms with Gasteiger partial charge in [-0.2, -0.15) is 0 Å². The lowest BCUT2D eigenvalue weighted by Gasteiger charge is -2.32. The van der Waals surface area contributed by atoms with Crippen LogP contribution < -0.4 is 10.4 Å². The summed E-state index contributed by atoms with van der Waals surface area (Å²) < 4.78 is 10.0. The van der Waals surface area contributed by atoms with Gasteiger partial charge >= 0.3 is 5.69 Å². The normalized spacial score (nSPS) is 17.0. The minimum absolute atomic E-state index is 0.00157. The average molecular weight is 431 g/mol. The standard InChI is InChI=1S/C24H26N6O2/c31-24-25-19-6-2-3-7-20(19)30(24)17-9-12-28(13-10-17)14-11-22-26-27-23-18-5-1-4-8-21(18)32-16-15-29(22)23/h1-8,17H,9-16H2,(H,25,31). The van der Waals surface area contributed by atoms with E-state index in [0.717, 1.165) is 79.4 Å². The van der Waals surface area contributed by atoms with Gasteiger partial charge in [-0.05, 0) is 37.1 Å². The number of hydrogen-bond donors (Lipinski definition) is 1. The zero-order chi connectivity index (χ0) is 21.5. The Hall–Kier alpha value is -3.39. The lowest BCUT2D eigenvalue weighted by atomic mass is 10.0. The van der Waals surface area contributed by atoms with E-state index >= 15 is 0 Å². The molecule has 0 spiro atoms. The fraction of sp³-hybridized carbons (Fsp3) is 0.375. The maximum absolute atomic E-state index is 12.5. The number of nitrogens with zero attached hydrogens (tertiary/aromatic N) is 5. The maximum atomic E-state index is 12.5. The number of H-pyrrole nitrogens is 1. The van der Waals surface area contributed by atoms with Crippen LogP contribution in [-0.4, -0.2) is 55.5 Å². The first kappa shape index (κ1) is 19.3. The fourth-order valence-corrected chi connectivity index (χ4v) is 5.07. The van der Waals surface area contributed by atoms with E-state index in [9.17, 15) is 4.79 Å². The van der Waals surface area contributed by atoms with Gasteiger partial charge in [0.2, 0.25) is 0 Å². The fourth-order valence-electron chi connectivity index (χ4n) is 5.07. The highest BCUT2D eigenvalue weighted by atomic mass is 16.5. The van der Waals surface area contributed by atoms with E-state index in [1.165, 1.54) is 0 Å². The third kappa shape index (κ3) is 3.31. The van der Waals surface area contributed by atoms with Crippen molar-refractivity contribution in [2.75, 3.05) is 26.2 Å². The van der Waals surface area contributed by atoms with Crippen molar-refractivity contribution >= 4 is 11.0 Å². The van der Waals surface area contributed by atoms with Crippen LogP contribution in [0, 0.1) is 0 Å². The first-order valence-electron chi connectivity index (χ1n) is 11.3. The first-order chi connectivity index (χ1) is 15.8. The summed E-state index contributed by atoms with van der Waals surface area (Å²) >= 11 is 0. The summed E-state index contributed by atoms with van der Waals surface area (Å²) in [6.45, 7) is 4.28. The van der Waals surface area contributed by atoms with Crippen LogP contribution in [0.4, 0.5) is 0 Å². The van der Waals surface area contributed by atoms with Crippen molar-refractivity contribution in [3.05, 3.63) is 64.8 Å². The van der Waals surface area contributed by atoms with Gasteiger partial charge in [0.1, 0.15) is 18.2 Å². The molecule has 0 amide bonds. The Kier molecular flexibility index (Phi) is 4.79. The Balaban J connectivity index is 1.13. The number of imidazole rings is 1. The predicted molar refractivity (Wildman–Crippen MR) is 122 cm³/mol. The molecule has 2 aliphatic rings. The molecule has 32 heavy (non-hydrogen) atoms. The van der Waals surface area contributed by atoms with Gasteiger partial charge in [0.15, 0.2) is 5.82 Å². The minimum Gasteiger partial charge on any atom is -0.491 e. The summed E-state index contributed by atoms with van der Waals surface area (Å²) in [5.74, 6) is 2.78. The molecule has 2 aromatic carbocycles. The summed E-state index contributed by atoms with van der Waals surface area (Å²) in [5, 5.41) is 8.98. The second-order valence-corrected chi connectivity index (χ2v) is 8.58. The lowest BCUT2D eigenvalue weighted by Crippen LogP contribution is -2.38. The van der Waals surface area contributed by atoms with E-state index in [-0.39, 0.29) is 11.7 Å². The van der Waals surface area contributed by atoms with E-state index in [2.05, 4.69) is 24.6 Å². The first-order valence-corrected chi connectivity index (χ1v) is 11.3. The second kappa shape index (κ2) is 7.94. The molecule has 4 heterocycles. The van der Waals surface area contributed by atoms with Gasteiger partial charge in [-0.3, -0.25) is 4.57 Å². The van der Waals surface area contributed by atoms with Gasteiger partial charge in [-0.15, -0.1) is 10.2 Å². The summed E-state index contributed by atoms with van der Waals surface area (Å²) in [6.07, 6.45) is 2.80. The zero-order valence-electron chi connectivity index (χ0n) is 17.9. The number of piperidine rings is 1. The monoisotopic (exact) mass is 430 g/mol. The van der Waals surface area contributed by atoms with Crippen LogP contribution in [-0.2, 0) is 13.0 Å². The quantitative estimate of drug-likeness (QED) is 0.539. The van der Waals surface area contributed by atoms with Crippen LogP contribution in [0.5, 0.6) is 5.75 Å². The molecule has 2 aromatic heterocycles. The number of para-hydroxylation sites is 3. The summed E-state index contributed by atoms with van der Waals surface area (Å²) in [6, 6.07) is 16.2. The highest BCUT2D eigenvalue weighted by molar-refractivity contribution is 5.75. The van der Waals surface area contributed by atoms with Gasteiger partial charge in [-0.1, -0.05) is 24.3 Å². The smallest absolute Gasteiger partial charge is 0.326 e. The molecule has 1 fully saturated rings. The van der Waals surface area contributed by atoms with E-state index in [1.807, 2.05) is 53.1 Å². The number of benzene rings is 2. The van der Waals surface area contributed by atoms with Crippen molar-refractivity contribution in [1.29, 1.82) is 0 Å². The van der Waals surface area contributed by atoms with Crippen molar-refractivity contribution in [3.63, 3.8) is 0 Å². The van der Waals surface area contributed by atoms with Crippen LogP contribution in [0.1, 0.15) is 24.7 Å². The third-order valence-corrected chi connectivity index (χ3v) is 6.73. The Morgan fingerprint density at radius 2 is 1.81 bits per heavy atom.